The summed E-state index contributed by atoms with van der Waals surface area (Å²) in [7, 11) is 0. The molecule has 0 radical (unpaired) electrons. The number of ether oxygens (including phenoxy) is 2. The van der Waals surface area contributed by atoms with Crippen molar-refractivity contribution in [3.05, 3.63) is 16.0 Å². The quantitative estimate of drug-likeness (QED) is 0.815. The van der Waals surface area contributed by atoms with Crippen molar-refractivity contribution in [2.45, 2.75) is 34.1 Å². The summed E-state index contributed by atoms with van der Waals surface area (Å²) < 4.78 is 9.90. The largest absolute Gasteiger partial charge is 0.466 e. The minimum absolute atomic E-state index is 0.0658. The number of thiophene rings is 1. The molecular formula is C14H19NO5S. The van der Waals surface area contributed by atoms with E-state index in [1.54, 1.807) is 20.8 Å². The third kappa shape index (κ3) is 4.56. The molecule has 1 N–H and O–H groups in total. The Morgan fingerprint density at radius 1 is 1.14 bits per heavy atom. The van der Waals surface area contributed by atoms with E-state index in [0.717, 1.165) is 0 Å². The van der Waals surface area contributed by atoms with Gasteiger partial charge >= 0.3 is 11.9 Å². The van der Waals surface area contributed by atoms with Crippen LogP contribution < -0.4 is 5.32 Å². The number of hydrogen-bond acceptors (Lipinski definition) is 6. The molecule has 0 aliphatic heterocycles. The molecule has 0 bridgehead atoms. The first-order valence-corrected chi connectivity index (χ1v) is 7.44. The average molecular weight is 313 g/mol. The van der Waals surface area contributed by atoms with Gasteiger partial charge in [0.2, 0.25) is 5.91 Å². The van der Waals surface area contributed by atoms with Gasteiger partial charge < -0.3 is 14.8 Å². The lowest BCUT2D eigenvalue weighted by Crippen LogP contribution is -2.12. The molecule has 116 valence electrons. The van der Waals surface area contributed by atoms with E-state index in [2.05, 4.69) is 5.32 Å². The fourth-order valence-electron chi connectivity index (χ4n) is 1.77. The van der Waals surface area contributed by atoms with Gasteiger partial charge in [-0.15, -0.1) is 11.3 Å². The Morgan fingerprint density at radius 2 is 1.76 bits per heavy atom. The van der Waals surface area contributed by atoms with Crippen molar-refractivity contribution in [3.8, 4) is 0 Å². The third-order valence-corrected chi connectivity index (χ3v) is 3.83. The van der Waals surface area contributed by atoms with Crippen molar-refractivity contribution < 1.29 is 23.9 Å². The van der Waals surface area contributed by atoms with Crippen molar-refractivity contribution in [2.24, 2.45) is 0 Å². The molecule has 0 unspecified atom stereocenters. The summed E-state index contributed by atoms with van der Waals surface area (Å²) in [6.45, 7) is 7.05. The van der Waals surface area contributed by atoms with E-state index in [4.69, 9.17) is 9.47 Å². The monoisotopic (exact) mass is 313 g/mol. The molecule has 1 aromatic rings. The summed E-state index contributed by atoms with van der Waals surface area (Å²) in [6.07, 6.45) is 0.0658. The van der Waals surface area contributed by atoms with Gasteiger partial charge in [0.05, 0.1) is 25.2 Å². The Balaban J connectivity index is 3.14. The highest BCUT2D eigenvalue weighted by molar-refractivity contribution is 7.17. The second-order valence-corrected chi connectivity index (χ2v) is 5.34. The lowest BCUT2D eigenvalue weighted by Gasteiger charge is -2.05. The number of carbonyl (C=O) groups is 3. The third-order valence-electron chi connectivity index (χ3n) is 2.62. The molecule has 1 aromatic heterocycles. The van der Waals surface area contributed by atoms with Crippen LogP contribution in [0.3, 0.4) is 0 Å². The van der Waals surface area contributed by atoms with Crippen LogP contribution >= 0.6 is 11.3 Å². The Kier molecular flexibility index (Phi) is 6.36. The molecule has 0 fully saturated rings. The van der Waals surface area contributed by atoms with Crippen LogP contribution in [0.15, 0.2) is 0 Å². The van der Waals surface area contributed by atoms with E-state index in [-0.39, 0.29) is 24.9 Å². The predicted octanol–water partition coefficient (Wildman–Crippen LogP) is 2.30. The molecule has 7 heteroatoms. The minimum Gasteiger partial charge on any atom is -0.466 e. The molecule has 6 nitrogen and oxygen atoms in total. The first-order chi connectivity index (χ1) is 9.90. The molecule has 0 spiro atoms. The Hall–Kier alpha value is -1.89. The smallest absolute Gasteiger partial charge is 0.341 e. The van der Waals surface area contributed by atoms with Gasteiger partial charge in [0.15, 0.2) is 0 Å². The molecule has 1 rings (SSSR count). The van der Waals surface area contributed by atoms with Gasteiger partial charge in [-0.05, 0) is 26.3 Å². The van der Waals surface area contributed by atoms with Gasteiger partial charge in [-0.2, -0.15) is 0 Å². The van der Waals surface area contributed by atoms with E-state index in [0.29, 0.717) is 27.6 Å². The first-order valence-electron chi connectivity index (χ1n) is 6.63. The van der Waals surface area contributed by atoms with Crippen molar-refractivity contribution in [2.75, 3.05) is 18.5 Å². The van der Waals surface area contributed by atoms with Gasteiger partial charge in [-0.3, -0.25) is 9.59 Å². The van der Waals surface area contributed by atoms with E-state index < -0.39 is 5.97 Å². The van der Waals surface area contributed by atoms with E-state index in [1.165, 1.54) is 18.3 Å². The SMILES string of the molecule is CCOC(=O)Cc1sc(NC(C)=O)c(C(=O)OCC)c1C. The van der Waals surface area contributed by atoms with Crippen LogP contribution in [-0.4, -0.2) is 31.1 Å². The number of amides is 1. The Bertz CT molecular complexity index is 550. The molecule has 0 aliphatic rings. The van der Waals surface area contributed by atoms with E-state index in [1.807, 2.05) is 0 Å². The van der Waals surface area contributed by atoms with E-state index >= 15 is 0 Å². The van der Waals surface area contributed by atoms with Crippen LogP contribution in [0.4, 0.5) is 5.00 Å². The standard InChI is InChI=1S/C14H19NO5S/c1-5-19-11(17)7-10-8(3)12(14(18)20-6-2)13(21-10)15-9(4)16/h5-7H2,1-4H3,(H,15,16). The number of nitrogens with one attached hydrogen (secondary N) is 1. The van der Waals surface area contributed by atoms with E-state index in [9.17, 15) is 14.4 Å². The summed E-state index contributed by atoms with van der Waals surface area (Å²) in [5.74, 6) is -1.17. The molecule has 21 heavy (non-hydrogen) atoms. The Labute approximate surface area is 127 Å². The summed E-state index contributed by atoms with van der Waals surface area (Å²) in [6, 6.07) is 0. The fraction of sp³-hybridized carbons (Fsp3) is 0.500. The number of carbonyl (C=O) groups excluding carboxylic acids is 3. The lowest BCUT2D eigenvalue weighted by molar-refractivity contribution is -0.142. The van der Waals surface area contributed by atoms with Gasteiger partial charge in [0.25, 0.3) is 0 Å². The van der Waals surface area contributed by atoms with Gasteiger partial charge in [-0.1, -0.05) is 0 Å². The van der Waals surface area contributed by atoms with Crippen molar-refractivity contribution >= 4 is 34.2 Å². The molecule has 1 heterocycles. The summed E-state index contributed by atoms with van der Waals surface area (Å²) in [4.78, 5) is 35.5. The number of anilines is 1. The van der Waals surface area contributed by atoms with Gasteiger partial charge in [0, 0.05) is 11.8 Å². The maximum absolute atomic E-state index is 12.0. The molecule has 0 saturated heterocycles. The highest BCUT2D eigenvalue weighted by Gasteiger charge is 2.24. The van der Waals surface area contributed by atoms with Crippen molar-refractivity contribution in [1.29, 1.82) is 0 Å². The van der Waals surface area contributed by atoms with Crippen molar-refractivity contribution in [1.82, 2.24) is 0 Å². The summed E-state index contributed by atoms with van der Waals surface area (Å²) in [5, 5.41) is 3.01. The number of esters is 2. The zero-order valence-corrected chi connectivity index (χ0v) is 13.4. The second kappa shape index (κ2) is 7.78. The van der Waals surface area contributed by atoms with Crippen LogP contribution in [0.1, 0.15) is 41.6 Å². The fourth-order valence-corrected chi connectivity index (χ4v) is 2.99. The van der Waals surface area contributed by atoms with Crippen LogP contribution in [0.5, 0.6) is 0 Å². The normalized spacial score (nSPS) is 10.1. The predicted molar refractivity (Wildman–Crippen MR) is 79.7 cm³/mol. The topological polar surface area (TPSA) is 81.7 Å². The Morgan fingerprint density at radius 3 is 2.29 bits per heavy atom. The molecule has 0 saturated carbocycles. The van der Waals surface area contributed by atoms with Crippen LogP contribution in [-0.2, 0) is 25.5 Å². The molecule has 0 atom stereocenters. The van der Waals surface area contributed by atoms with Crippen LogP contribution in [0.2, 0.25) is 0 Å². The zero-order valence-electron chi connectivity index (χ0n) is 12.6. The molecule has 0 aliphatic carbocycles. The molecule has 1 amide bonds. The maximum atomic E-state index is 12.0. The lowest BCUT2D eigenvalue weighted by atomic mass is 10.1. The molecular weight excluding hydrogens is 294 g/mol. The highest BCUT2D eigenvalue weighted by atomic mass is 32.1. The van der Waals surface area contributed by atoms with Crippen LogP contribution in [0.25, 0.3) is 0 Å². The van der Waals surface area contributed by atoms with Crippen molar-refractivity contribution in [3.63, 3.8) is 0 Å². The minimum atomic E-state index is -0.509. The molecule has 0 aromatic carbocycles. The number of rotatable bonds is 6. The second-order valence-electron chi connectivity index (χ2n) is 4.24. The summed E-state index contributed by atoms with van der Waals surface area (Å²) >= 11 is 1.19. The summed E-state index contributed by atoms with van der Waals surface area (Å²) in [5.41, 5.74) is 0.937. The highest BCUT2D eigenvalue weighted by Crippen LogP contribution is 2.34. The average Bonchev–Trinajstić information content (AvgIpc) is 2.65. The number of hydrogen-bond donors (Lipinski definition) is 1. The zero-order chi connectivity index (χ0) is 16.0. The first kappa shape index (κ1) is 17.2. The van der Waals surface area contributed by atoms with Crippen LogP contribution in [0, 0.1) is 6.92 Å². The maximum Gasteiger partial charge on any atom is 0.341 e. The van der Waals surface area contributed by atoms with Gasteiger partial charge in [-0.25, -0.2) is 4.79 Å². The van der Waals surface area contributed by atoms with Gasteiger partial charge in [0.1, 0.15) is 5.00 Å².